The van der Waals surface area contributed by atoms with Crippen molar-refractivity contribution in [3.05, 3.63) is 23.8 Å². The molecular formula is C13H19N3O2S. The zero-order valence-electron chi connectivity index (χ0n) is 11.0. The molecule has 0 spiro atoms. The number of phenols is 1. The zero-order chi connectivity index (χ0) is 13.7. The number of para-hydroxylation sites is 1. The van der Waals surface area contributed by atoms with Crippen LogP contribution in [0.15, 0.2) is 23.2 Å². The van der Waals surface area contributed by atoms with E-state index < -0.39 is 0 Å². The second kappa shape index (κ2) is 6.56. The van der Waals surface area contributed by atoms with Crippen molar-refractivity contribution in [1.29, 1.82) is 0 Å². The lowest BCUT2D eigenvalue weighted by Crippen LogP contribution is -2.42. The molecule has 0 saturated carbocycles. The predicted octanol–water partition coefficient (Wildman–Crippen LogP) is 1.26. The molecule has 1 aromatic carbocycles. The van der Waals surface area contributed by atoms with Crippen LogP contribution in [-0.4, -0.2) is 47.7 Å². The van der Waals surface area contributed by atoms with E-state index in [0.29, 0.717) is 23.8 Å². The Balaban J connectivity index is 2.04. The largest absolute Gasteiger partial charge is 0.504 e. The van der Waals surface area contributed by atoms with Crippen LogP contribution in [0.25, 0.3) is 0 Å². The van der Waals surface area contributed by atoms with Crippen LogP contribution < -0.4 is 10.5 Å². The van der Waals surface area contributed by atoms with Crippen molar-refractivity contribution in [1.82, 2.24) is 4.90 Å². The summed E-state index contributed by atoms with van der Waals surface area (Å²) in [4.78, 5) is 6.43. The number of nitrogens with zero attached hydrogens (tertiary/aromatic N) is 2. The van der Waals surface area contributed by atoms with Crippen molar-refractivity contribution in [3.8, 4) is 11.5 Å². The van der Waals surface area contributed by atoms with Crippen molar-refractivity contribution >= 4 is 17.7 Å². The van der Waals surface area contributed by atoms with Gasteiger partial charge in [0.25, 0.3) is 0 Å². The summed E-state index contributed by atoms with van der Waals surface area (Å²) in [5.41, 5.74) is 6.69. The van der Waals surface area contributed by atoms with E-state index in [-0.39, 0.29) is 5.75 Å². The summed E-state index contributed by atoms with van der Waals surface area (Å²) in [6.07, 6.45) is 0. The quantitative estimate of drug-likeness (QED) is 0.645. The molecule has 2 rings (SSSR count). The van der Waals surface area contributed by atoms with Gasteiger partial charge in [0, 0.05) is 30.2 Å². The molecule has 6 heteroatoms. The number of aromatic hydroxyl groups is 1. The first-order valence-corrected chi connectivity index (χ1v) is 7.35. The summed E-state index contributed by atoms with van der Waals surface area (Å²) >= 11 is 1.93. The minimum Gasteiger partial charge on any atom is -0.504 e. The maximum absolute atomic E-state index is 9.96. The van der Waals surface area contributed by atoms with Gasteiger partial charge >= 0.3 is 0 Å². The van der Waals surface area contributed by atoms with Gasteiger partial charge < -0.3 is 20.5 Å². The minimum absolute atomic E-state index is 0.135. The molecule has 19 heavy (non-hydrogen) atoms. The molecule has 104 valence electrons. The SMILES string of the molecule is COc1cccc(CN=C(N)N2CCSCC2)c1O. The molecule has 5 nitrogen and oxygen atoms in total. The normalized spacial score (nSPS) is 16.5. The molecule has 0 bridgehead atoms. The number of methoxy groups -OCH3 is 1. The van der Waals surface area contributed by atoms with Gasteiger partial charge in [-0.2, -0.15) is 11.8 Å². The number of phenolic OH excluding ortho intramolecular Hbond substituents is 1. The monoisotopic (exact) mass is 281 g/mol. The van der Waals surface area contributed by atoms with Crippen LogP contribution in [0.3, 0.4) is 0 Å². The van der Waals surface area contributed by atoms with Crippen molar-refractivity contribution in [2.75, 3.05) is 31.7 Å². The van der Waals surface area contributed by atoms with Crippen LogP contribution in [0.1, 0.15) is 5.56 Å². The highest BCUT2D eigenvalue weighted by Gasteiger charge is 2.12. The lowest BCUT2D eigenvalue weighted by Gasteiger charge is -2.27. The van der Waals surface area contributed by atoms with Crippen molar-refractivity contribution in [3.63, 3.8) is 0 Å². The Hall–Kier alpha value is -1.56. The Morgan fingerprint density at radius 3 is 2.89 bits per heavy atom. The molecule has 1 heterocycles. The zero-order valence-corrected chi connectivity index (χ0v) is 11.8. The second-order valence-electron chi connectivity index (χ2n) is 4.24. The molecule has 1 saturated heterocycles. The van der Waals surface area contributed by atoms with Crippen LogP contribution in [0.2, 0.25) is 0 Å². The molecule has 1 aliphatic heterocycles. The van der Waals surface area contributed by atoms with Gasteiger partial charge in [-0.1, -0.05) is 12.1 Å². The average Bonchev–Trinajstić information content (AvgIpc) is 2.47. The first-order valence-electron chi connectivity index (χ1n) is 6.20. The maximum Gasteiger partial charge on any atom is 0.191 e. The lowest BCUT2D eigenvalue weighted by atomic mass is 10.2. The number of ether oxygens (including phenoxy) is 1. The van der Waals surface area contributed by atoms with Gasteiger partial charge in [0.1, 0.15) is 0 Å². The molecule has 0 aliphatic carbocycles. The second-order valence-corrected chi connectivity index (χ2v) is 5.47. The van der Waals surface area contributed by atoms with E-state index in [1.165, 1.54) is 7.11 Å². The highest BCUT2D eigenvalue weighted by molar-refractivity contribution is 7.99. The Morgan fingerprint density at radius 1 is 1.47 bits per heavy atom. The molecular weight excluding hydrogens is 262 g/mol. The Kier molecular flexibility index (Phi) is 4.79. The highest BCUT2D eigenvalue weighted by atomic mass is 32.2. The number of hydrogen-bond acceptors (Lipinski definition) is 4. The van der Waals surface area contributed by atoms with E-state index in [1.807, 2.05) is 23.9 Å². The van der Waals surface area contributed by atoms with Crippen LogP contribution in [0.5, 0.6) is 11.5 Å². The number of nitrogens with two attached hydrogens (primary N) is 1. The number of aliphatic imine (C=N–C) groups is 1. The van der Waals surface area contributed by atoms with Crippen molar-refractivity contribution < 1.29 is 9.84 Å². The third-order valence-corrected chi connectivity index (χ3v) is 3.99. The third-order valence-electron chi connectivity index (χ3n) is 3.05. The molecule has 1 aliphatic rings. The molecule has 0 atom stereocenters. The molecule has 3 N–H and O–H groups in total. The summed E-state index contributed by atoms with van der Waals surface area (Å²) < 4.78 is 5.07. The summed E-state index contributed by atoms with van der Waals surface area (Å²) in [5.74, 6) is 3.31. The number of thioether (sulfide) groups is 1. The smallest absolute Gasteiger partial charge is 0.191 e. The van der Waals surface area contributed by atoms with E-state index in [0.717, 1.165) is 24.6 Å². The fourth-order valence-corrected chi connectivity index (χ4v) is 2.82. The molecule has 0 unspecified atom stereocenters. The molecule has 1 aromatic rings. The lowest BCUT2D eigenvalue weighted by molar-refractivity contribution is 0.370. The van der Waals surface area contributed by atoms with Gasteiger partial charge in [0.15, 0.2) is 17.5 Å². The summed E-state index contributed by atoms with van der Waals surface area (Å²) in [6.45, 7) is 2.23. The number of guanidine groups is 1. The molecule has 0 aromatic heterocycles. The van der Waals surface area contributed by atoms with Gasteiger partial charge in [0.2, 0.25) is 0 Å². The maximum atomic E-state index is 9.96. The van der Waals surface area contributed by atoms with Crippen LogP contribution in [0.4, 0.5) is 0 Å². The summed E-state index contributed by atoms with van der Waals surface area (Å²) in [5, 5.41) is 9.96. The van der Waals surface area contributed by atoms with Crippen molar-refractivity contribution in [2.45, 2.75) is 6.54 Å². The minimum atomic E-state index is 0.135. The van der Waals surface area contributed by atoms with Crippen LogP contribution >= 0.6 is 11.8 Å². The number of benzene rings is 1. The van der Waals surface area contributed by atoms with Gasteiger partial charge in [-0.05, 0) is 6.07 Å². The Morgan fingerprint density at radius 2 is 2.21 bits per heavy atom. The number of rotatable bonds is 3. The Labute approximate surface area is 117 Å². The van der Waals surface area contributed by atoms with Gasteiger partial charge in [0.05, 0.1) is 13.7 Å². The van der Waals surface area contributed by atoms with E-state index in [9.17, 15) is 5.11 Å². The first kappa shape index (κ1) is 13.9. The fourth-order valence-electron chi connectivity index (χ4n) is 1.92. The van der Waals surface area contributed by atoms with Crippen LogP contribution in [-0.2, 0) is 6.54 Å². The fraction of sp³-hybridized carbons (Fsp3) is 0.462. The van der Waals surface area contributed by atoms with E-state index in [4.69, 9.17) is 10.5 Å². The predicted molar refractivity (Wildman–Crippen MR) is 78.9 cm³/mol. The summed E-state index contributed by atoms with van der Waals surface area (Å²) in [7, 11) is 1.53. The molecule has 0 radical (unpaired) electrons. The van der Waals surface area contributed by atoms with Gasteiger partial charge in [-0.15, -0.1) is 0 Å². The Bertz CT molecular complexity index is 459. The number of hydrogen-bond donors (Lipinski definition) is 2. The standard InChI is InChI=1S/C13H19N3O2S/c1-18-11-4-2-3-10(12(11)17)9-15-13(14)16-5-7-19-8-6-16/h2-4,17H,5-9H2,1H3,(H2,14,15). The van der Waals surface area contributed by atoms with Crippen molar-refractivity contribution in [2.24, 2.45) is 10.7 Å². The average molecular weight is 281 g/mol. The molecule has 1 fully saturated rings. The van der Waals surface area contributed by atoms with E-state index in [2.05, 4.69) is 9.89 Å². The highest BCUT2D eigenvalue weighted by Crippen LogP contribution is 2.29. The first-order chi connectivity index (χ1) is 9.22. The third kappa shape index (κ3) is 3.47. The van der Waals surface area contributed by atoms with E-state index in [1.54, 1.807) is 6.07 Å². The topological polar surface area (TPSA) is 71.1 Å². The summed E-state index contributed by atoms with van der Waals surface area (Å²) in [6, 6.07) is 5.37. The van der Waals surface area contributed by atoms with Gasteiger partial charge in [-0.25, -0.2) is 4.99 Å². The van der Waals surface area contributed by atoms with Crippen LogP contribution in [0, 0.1) is 0 Å². The molecule has 0 amide bonds. The van der Waals surface area contributed by atoms with Gasteiger partial charge in [-0.3, -0.25) is 0 Å². The van der Waals surface area contributed by atoms with E-state index >= 15 is 0 Å².